The first-order valence-electron chi connectivity index (χ1n) is 5.73. The van der Waals surface area contributed by atoms with Gasteiger partial charge in [-0.05, 0) is 28.7 Å². The van der Waals surface area contributed by atoms with Crippen molar-refractivity contribution in [1.29, 1.82) is 0 Å². The lowest BCUT2D eigenvalue weighted by atomic mass is 10.0. The summed E-state index contributed by atoms with van der Waals surface area (Å²) in [5, 5.41) is 0. The van der Waals surface area contributed by atoms with Gasteiger partial charge in [0.25, 0.3) is 0 Å². The Labute approximate surface area is 100 Å². The molecule has 1 aliphatic carbocycles. The second kappa shape index (κ2) is 4.46. The molecule has 16 heavy (non-hydrogen) atoms. The van der Waals surface area contributed by atoms with E-state index in [2.05, 4.69) is 51.1 Å². The lowest BCUT2D eigenvalue weighted by Gasteiger charge is -2.16. The molecule has 1 aromatic rings. The number of hydrogen-bond acceptors (Lipinski definition) is 1. The number of fused-ring (bicyclic) bond motifs is 1. The molecular formula is C14H18OSi. The van der Waals surface area contributed by atoms with Crippen LogP contribution < -0.4 is 0 Å². The Morgan fingerprint density at radius 2 is 2.00 bits per heavy atom. The molecule has 0 heterocycles. The molecule has 0 amide bonds. The maximum Gasteiger partial charge on any atom is 0.310 e. The number of allylic oxidation sites excluding steroid dienone is 1. The van der Waals surface area contributed by atoms with Crippen molar-refractivity contribution in [3.63, 3.8) is 0 Å². The topological polar surface area (TPSA) is 9.23 Å². The number of benzene rings is 1. The summed E-state index contributed by atoms with van der Waals surface area (Å²) < 4.78 is 5.85. The van der Waals surface area contributed by atoms with Crippen LogP contribution in [0.3, 0.4) is 0 Å². The molecule has 2 rings (SSSR count). The first-order chi connectivity index (χ1) is 7.54. The first kappa shape index (κ1) is 11.5. The highest BCUT2D eigenvalue weighted by molar-refractivity contribution is 6.28. The fourth-order valence-electron chi connectivity index (χ4n) is 1.66. The van der Waals surface area contributed by atoms with Gasteiger partial charge in [0, 0.05) is 6.42 Å². The third-order valence-electron chi connectivity index (χ3n) is 2.54. The summed E-state index contributed by atoms with van der Waals surface area (Å²) in [6, 6.07) is 9.62. The van der Waals surface area contributed by atoms with E-state index in [1.54, 1.807) is 0 Å². The molecule has 84 valence electrons. The minimum Gasteiger partial charge on any atom is -0.544 e. The van der Waals surface area contributed by atoms with E-state index in [9.17, 15) is 0 Å². The summed E-state index contributed by atoms with van der Waals surface area (Å²) in [6.07, 6.45) is 3.14. The van der Waals surface area contributed by atoms with E-state index in [0.29, 0.717) is 15.2 Å². The van der Waals surface area contributed by atoms with E-state index >= 15 is 0 Å². The fraction of sp³-hybridized carbons (Fsp3) is 0.429. The smallest absolute Gasteiger partial charge is 0.310 e. The molecule has 0 saturated carbocycles. The SMILES string of the molecule is CC(C)(C)C[Si]OC1=Cc2ccccc2C1. The van der Waals surface area contributed by atoms with Gasteiger partial charge < -0.3 is 4.43 Å². The van der Waals surface area contributed by atoms with Crippen molar-refractivity contribution in [1.82, 2.24) is 0 Å². The van der Waals surface area contributed by atoms with Crippen LogP contribution in [0.4, 0.5) is 0 Å². The molecule has 0 atom stereocenters. The van der Waals surface area contributed by atoms with E-state index in [4.69, 9.17) is 4.43 Å². The Morgan fingerprint density at radius 3 is 2.69 bits per heavy atom. The standard InChI is InChI=1S/C14H18OSi/c1-14(2,3)10-16-15-13-8-11-6-4-5-7-12(11)9-13/h4-8H,9-10H2,1-3H3. The van der Waals surface area contributed by atoms with Crippen LogP contribution >= 0.6 is 0 Å². The van der Waals surface area contributed by atoms with Gasteiger partial charge in [0.2, 0.25) is 0 Å². The lowest BCUT2D eigenvalue weighted by Crippen LogP contribution is -2.11. The van der Waals surface area contributed by atoms with Crippen LogP contribution in [0.1, 0.15) is 31.9 Å². The Hall–Kier alpha value is -1.02. The highest BCUT2D eigenvalue weighted by atomic mass is 28.2. The normalized spacial score (nSPS) is 14.6. The summed E-state index contributed by atoms with van der Waals surface area (Å²) in [5.74, 6) is 1.13. The second-order valence-corrected chi connectivity index (χ2v) is 6.32. The third-order valence-corrected chi connectivity index (χ3v) is 4.15. The molecular weight excluding hydrogens is 212 g/mol. The zero-order valence-corrected chi connectivity index (χ0v) is 11.2. The van der Waals surface area contributed by atoms with Gasteiger partial charge in [-0.1, -0.05) is 45.0 Å². The molecule has 1 aliphatic rings. The minimum absolute atomic E-state index is 0.366. The van der Waals surface area contributed by atoms with Crippen molar-refractivity contribution in [3.8, 4) is 0 Å². The summed E-state index contributed by atoms with van der Waals surface area (Å²) in [7, 11) is 0.577. The van der Waals surface area contributed by atoms with Gasteiger partial charge in [-0.2, -0.15) is 0 Å². The van der Waals surface area contributed by atoms with Gasteiger partial charge in [-0.15, -0.1) is 0 Å². The maximum absolute atomic E-state index is 5.85. The van der Waals surface area contributed by atoms with Crippen LogP contribution in [0, 0.1) is 5.41 Å². The van der Waals surface area contributed by atoms with E-state index in [1.807, 2.05) is 0 Å². The average molecular weight is 230 g/mol. The number of rotatable bonds is 3. The zero-order chi connectivity index (χ0) is 11.6. The largest absolute Gasteiger partial charge is 0.544 e. The van der Waals surface area contributed by atoms with E-state index < -0.39 is 0 Å². The van der Waals surface area contributed by atoms with Crippen molar-refractivity contribution >= 4 is 15.8 Å². The average Bonchev–Trinajstić information content (AvgIpc) is 2.57. The Morgan fingerprint density at radius 1 is 1.25 bits per heavy atom. The molecule has 0 spiro atoms. The molecule has 0 unspecified atom stereocenters. The van der Waals surface area contributed by atoms with E-state index in [-0.39, 0.29) is 0 Å². The van der Waals surface area contributed by atoms with Gasteiger partial charge in [-0.25, -0.2) is 0 Å². The molecule has 0 N–H and O–H groups in total. The quantitative estimate of drug-likeness (QED) is 0.720. The zero-order valence-electron chi connectivity index (χ0n) is 10.2. The van der Waals surface area contributed by atoms with Crippen LogP contribution in [-0.4, -0.2) is 9.76 Å². The first-order valence-corrected chi connectivity index (χ1v) is 6.84. The minimum atomic E-state index is 0.366. The summed E-state index contributed by atoms with van der Waals surface area (Å²) >= 11 is 0. The molecule has 0 bridgehead atoms. The number of hydrogen-bond donors (Lipinski definition) is 0. The van der Waals surface area contributed by atoms with Gasteiger partial charge >= 0.3 is 9.76 Å². The molecule has 0 fully saturated rings. The monoisotopic (exact) mass is 230 g/mol. The van der Waals surface area contributed by atoms with Crippen molar-refractivity contribution in [2.45, 2.75) is 33.2 Å². The van der Waals surface area contributed by atoms with Crippen LogP contribution in [0.2, 0.25) is 6.04 Å². The van der Waals surface area contributed by atoms with Crippen molar-refractivity contribution in [3.05, 3.63) is 41.2 Å². The van der Waals surface area contributed by atoms with E-state index in [0.717, 1.165) is 18.2 Å². The van der Waals surface area contributed by atoms with Crippen molar-refractivity contribution in [2.24, 2.45) is 5.41 Å². The van der Waals surface area contributed by atoms with Crippen LogP contribution in [0.15, 0.2) is 30.0 Å². The maximum atomic E-state index is 5.85. The fourth-order valence-corrected chi connectivity index (χ4v) is 2.48. The molecule has 1 aromatic carbocycles. The lowest BCUT2D eigenvalue weighted by molar-refractivity contribution is 0.404. The highest BCUT2D eigenvalue weighted by Gasteiger charge is 2.16. The Bertz CT molecular complexity index is 401. The summed E-state index contributed by atoms with van der Waals surface area (Å²) in [6.45, 7) is 6.75. The predicted molar refractivity (Wildman–Crippen MR) is 69.2 cm³/mol. The third kappa shape index (κ3) is 2.98. The molecule has 0 aliphatic heterocycles. The van der Waals surface area contributed by atoms with Crippen molar-refractivity contribution in [2.75, 3.05) is 0 Å². The van der Waals surface area contributed by atoms with Gasteiger partial charge in [0.05, 0.1) is 5.76 Å². The summed E-state index contributed by atoms with van der Waals surface area (Å²) in [5.41, 5.74) is 3.07. The summed E-state index contributed by atoms with van der Waals surface area (Å²) in [4.78, 5) is 0. The van der Waals surface area contributed by atoms with Crippen LogP contribution in [0.5, 0.6) is 0 Å². The molecule has 1 nitrogen and oxygen atoms in total. The molecule has 2 radical (unpaired) electrons. The Balaban J connectivity index is 1.87. The molecule has 0 saturated heterocycles. The van der Waals surface area contributed by atoms with Gasteiger partial charge in [-0.3, -0.25) is 0 Å². The molecule has 0 aromatic heterocycles. The van der Waals surface area contributed by atoms with Crippen LogP contribution in [-0.2, 0) is 10.8 Å². The van der Waals surface area contributed by atoms with Crippen LogP contribution in [0.25, 0.3) is 6.08 Å². The molecule has 2 heteroatoms. The van der Waals surface area contributed by atoms with Gasteiger partial charge in [0.1, 0.15) is 0 Å². The Kier molecular flexibility index (Phi) is 3.19. The highest BCUT2D eigenvalue weighted by Crippen LogP contribution is 2.26. The van der Waals surface area contributed by atoms with E-state index in [1.165, 1.54) is 11.1 Å². The predicted octanol–water partition coefficient (Wildman–Crippen LogP) is 3.68. The second-order valence-electron chi connectivity index (χ2n) is 5.47. The van der Waals surface area contributed by atoms with Crippen molar-refractivity contribution < 1.29 is 4.43 Å². The van der Waals surface area contributed by atoms with Gasteiger partial charge in [0.15, 0.2) is 0 Å².